The van der Waals surface area contributed by atoms with Crippen molar-refractivity contribution in [3.05, 3.63) is 121 Å². The van der Waals surface area contributed by atoms with E-state index in [0.29, 0.717) is 0 Å². The highest BCUT2D eigenvalue weighted by Gasteiger charge is 2.15. The van der Waals surface area contributed by atoms with Gasteiger partial charge in [-0.2, -0.15) is 4.57 Å². The van der Waals surface area contributed by atoms with E-state index in [4.69, 9.17) is 4.74 Å². The predicted octanol–water partition coefficient (Wildman–Crippen LogP) is 5.25. The second-order valence-corrected chi connectivity index (χ2v) is 11.9. The molecule has 0 bridgehead atoms. The zero-order valence-electron chi connectivity index (χ0n) is 22.3. The third-order valence-electron chi connectivity index (χ3n) is 7.40. The molecule has 4 aromatic carbocycles. The molecule has 0 aliphatic carbocycles. The van der Waals surface area contributed by atoms with Crippen molar-refractivity contribution in [2.45, 2.75) is 0 Å². The minimum atomic E-state index is 0.0146. The molecule has 7 aromatic rings. The Kier molecular flexibility index (Phi) is 5.91. The van der Waals surface area contributed by atoms with Crippen LogP contribution in [-0.4, -0.2) is 16.2 Å². The van der Waals surface area contributed by atoms with E-state index < -0.39 is 0 Å². The Hall–Kier alpha value is -4.46. The van der Waals surface area contributed by atoms with Crippen LogP contribution in [0.2, 0.25) is 0 Å². The van der Waals surface area contributed by atoms with Crippen LogP contribution in [0.5, 0.6) is 5.75 Å². The van der Waals surface area contributed by atoms with Gasteiger partial charge in [0.15, 0.2) is 0 Å². The number of benzene rings is 4. The maximum Gasteiger partial charge on any atom is 0.268 e. The summed E-state index contributed by atoms with van der Waals surface area (Å²) >= 11 is 3.26. The van der Waals surface area contributed by atoms with Crippen LogP contribution in [0.25, 0.3) is 49.9 Å². The van der Waals surface area contributed by atoms with Crippen molar-refractivity contribution in [2.24, 2.45) is 14.1 Å². The standard InChI is InChI=1S/C33H26N3O2S2/c1-34-28-10-6-7-11-29(28)39-31(34)20-32-35(2)33(37)30(40-32)19-21-12-17-27-25(18-21)24-8-4-5-9-26(24)36(27)22-13-15-23(38-3)16-14-22/h4-20H,1-3H3/q+1. The van der Waals surface area contributed by atoms with Crippen LogP contribution in [-0.2, 0) is 14.1 Å². The Morgan fingerprint density at radius 2 is 1.57 bits per heavy atom. The van der Waals surface area contributed by atoms with Crippen LogP contribution < -0.4 is 24.1 Å². The second-order valence-electron chi connectivity index (χ2n) is 9.75. The van der Waals surface area contributed by atoms with Gasteiger partial charge >= 0.3 is 0 Å². The molecule has 0 spiro atoms. The van der Waals surface area contributed by atoms with Crippen LogP contribution in [0.1, 0.15) is 10.6 Å². The minimum Gasteiger partial charge on any atom is -0.497 e. The van der Waals surface area contributed by atoms with Crippen LogP contribution in [0, 0.1) is 0 Å². The Balaban J connectivity index is 1.37. The van der Waals surface area contributed by atoms with Gasteiger partial charge in [0.2, 0.25) is 5.52 Å². The Morgan fingerprint density at radius 3 is 2.38 bits per heavy atom. The summed E-state index contributed by atoms with van der Waals surface area (Å²) in [5.74, 6) is 0.830. The summed E-state index contributed by atoms with van der Waals surface area (Å²) in [5.41, 5.74) is 5.54. The highest BCUT2D eigenvalue weighted by atomic mass is 32.1. The lowest BCUT2D eigenvalue weighted by atomic mass is 10.1. The van der Waals surface area contributed by atoms with Crippen molar-refractivity contribution in [3.63, 3.8) is 0 Å². The third-order valence-corrected chi connectivity index (χ3v) is 9.68. The van der Waals surface area contributed by atoms with Gasteiger partial charge in [0.1, 0.15) is 22.2 Å². The number of rotatable bonds is 4. The van der Waals surface area contributed by atoms with Gasteiger partial charge in [-0.05, 0) is 60.2 Å². The molecular formula is C33H26N3O2S2+. The van der Waals surface area contributed by atoms with E-state index in [1.165, 1.54) is 26.9 Å². The molecule has 0 atom stereocenters. The quantitative estimate of drug-likeness (QED) is 0.276. The Morgan fingerprint density at radius 1 is 0.825 bits per heavy atom. The number of aromatic nitrogens is 3. The molecule has 3 aromatic heterocycles. The molecule has 7 rings (SSSR count). The van der Waals surface area contributed by atoms with Gasteiger partial charge in [-0.1, -0.05) is 47.7 Å². The van der Waals surface area contributed by atoms with E-state index in [0.717, 1.165) is 47.6 Å². The fourth-order valence-corrected chi connectivity index (χ4v) is 7.50. The first-order valence-electron chi connectivity index (χ1n) is 13.0. The van der Waals surface area contributed by atoms with Crippen LogP contribution >= 0.6 is 22.7 Å². The molecule has 0 aliphatic heterocycles. The topological polar surface area (TPSA) is 40.0 Å². The number of thiazole rings is 2. The molecule has 7 heteroatoms. The van der Waals surface area contributed by atoms with E-state index in [-0.39, 0.29) is 5.56 Å². The van der Waals surface area contributed by atoms with Gasteiger partial charge in [-0.25, -0.2) is 0 Å². The molecule has 3 heterocycles. The molecule has 196 valence electrons. The van der Waals surface area contributed by atoms with Crippen molar-refractivity contribution in [1.82, 2.24) is 9.13 Å². The molecule has 0 unspecified atom stereocenters. The fraction of sp³-hybridized carbons (Fsp3) is 0.0909. The first-order valence-corrected chi connectivity index (χ1v) is 14.6. The molecule has 0 saturated carbocycles. The summed E-state index contributed by atoms with van der Waals surface area (Å²) in [6.07, 6.45) is 4.12. The first kappa shape index (κ1) is 24.6. The van der Waals surface area contributed by atoms with Crippen LogP contribution in [0.3, 0.4) is 0 Å². The fourth-order valence-electron chi connectivity index (χ4n) is 5.30. The number of ether oxygens (including phenoxy) is 1. The maximum atomic E-state index is 13.3. The highest BCUT2D eigenvalue weighted by molar-refractivity contribution is 7.19. The zero-order valence-corrected chi connectivity index (χ0v) is 23.9. The minimum absolute atomic E-state index is 0.0146. The zero-order chi connectivity index (χ0) is 27.4. The number of hydrogen-bond donors (Lipinski definition) is 0. The van der Waals surface area contributed by atoms with Gasteiger partial charge in [0, 0.05) is 29.6 Å². The monoisotopic (exact) mass is 560 g/mol. The number of aryl methyl sites for hydroxylation is 1. The van der Waals surface area contributed by atoms with Crippen LogP contribution in [0.4, 0.5) is 0 Å². The van der Waals surface area contributed by atoms with Crippen LogP contribution in [0.15, 0.2) is 95.8 Å². The molecule has 0 N–H and O–H groups in total. The predicted molar refractivity (Wildman–Crippen MR) is 166 cm³/mol. The maximum absolute atomic E-state index is 13.3. The summed E-state index contributed by atoms with van der Waals surface area (Å²) < 4.78 is 14.4. The van der Waals surface area contributed by atoms with E-state index in [1.807, 2.05) is 25.3 Å². The average molecular weight is 561 g/mol. The number of nitrogens with zero attached hydrogens (tertiary/aromatic N) is 3. The lowest BCUT2D eigenvalue weighted by Gasteiger charge is -2.08. The molecule has 40 heavy (non-hydrogen) atoms. The highest BCUT2D eigenvalue weighted by Crippen LogP contribution is 2.33. The average Bonchev–Trinajstić information content (AvgIpc) is 3.58. The van der Waals surface area contributed by atoms with Gasteiger partial charge in [0.05, 0.1) is 28.8 Å². The normalized spacial score (nSPS) is 12.8. The Bertz CT molecular complexity index is 2250. The summed E-state index contributed by atoms with van der Waals surface area (Å²) in [6, 6.07) is 31.4. The number of para-hydroxylation sites is 2. The molecule has 5 nitrogen and oxygen atoms in total. The largest absolute Gasteiger partial charge is 0.497 e. The number of methoxy groups -OCH3 is 1. The summed E-state index contributed by atoms with van der Waals surface area (Å²) in [6.45, 7) is 0. The van der Waals surface area contributed by atoms with Gasteiger partial charge < -0.3 is 13.9 Å². The van der Waals surface area contributed by atoms with Crippen molar-refractivity contribution >= 4 is 66.8 Å². The third kappa shape index (κ3) is 3.97. The molecular weight excluding hydrogens is 535 g/mol. The van der Waals surface area contributed by atoms with Gasteiger partial charge in [0.25, 0.3) is 10.6 Å². The molecule has 0 saturated heterocycles. The molecule has 0 amide bonds. The number of fused-ring (bicyclic) bond motifs is 4. The molecule has 0 fully saturated rings. The lowest BCUT2D eigenvalue weighted by molar-refractivity contribution is -0.642. The first-order chi connectivity index (χ1) is 19.5. The SMILES string of the molecule is COc1ccc(-n2c3ccccc3c3cc(C=c4sc(=Cc5sc6ccccc6[n+]5C)n(C)c4=O)ccc32)cc1. The van der Waals surface area contributed by atoms with E-state index >= 15 is 0 Å². The smallest absolute Gasteiger partial charge is 0.268 e. The van der Waals surface area contributed by atoms with Crippen molar-refractivity contribution < 1.29 is 9.30 Å². The lowest BCUT2D eigenvalue weighted by Crippen LogP contribution is -2.31. The number of hydrogen-bond acceptors (Lipinski definition) is 4. The summed E-state index contributed by atoms with van der Waals surface area (Å²) in [4.78, 5) is 13.3. The van der Waals surface area contributed by atoms with Gasteiger partial charge in [-0.15, -0.1) is 11.3 Å². The Labute approximate surface area is 238 Å². The summed E-state index contributed by atoms with van der Waals surface area (Å²) in [5, 5.41) is 3.43. The second kappa shape index (κ2) is 9.62. The van der Waals surface area contributed by atoms with Crippen molar-refractivity contribution in [1.29, 1.82) is 0 Å². The van der Waals surface area contributed by atoms with E-state index in [2.05, 4.69) is 101 Å². The summed E-state index contributed by atoms with van der Waals surface area (Å²) in [7, 11) is 5.60. The van der Waals surface area contributed by atoms with E-state index in [1.54, 1.807) is 23.0 Å². The van der Waals surface area contributed by atoms with E-state index in [9.17, 15) is 4.79 Å². The van der Waals surface area contributed by atoms with Gasteiger partial charge in [-0.3, -0.25) is 4.79 Å². The van der Waals surface area contributed by atoms with Crippen molar-refractivity contribution in [2.75, 3.05) is 7.11 Å². The molecule has 0 radical (unpaired) electrons. The van der Waals surface area contributed by atoms with Crippen molar-refractivity contribution in [3.8, 4) is 11.4 Å². The molecule has 0 aliphatic rings.